The first-order valence-electron chi connectivity index (χ1n) is 12.2. The van der Waals surface area contributed by atoms with Crippen molar-refractivity contribution in [3.63, 3.8) is 0 Å². The van der Waals surface area contributed by atoms with Crippen LogP contribution in [0.3, 0.4) is 0 Å². The second kappa shape index (κ2) is 11.3. The number of methoxy groups -OCH3 is 1. The number of carbonyl (C=O) groups excluding carboxylic acids is 1. The van der Waals surface area contributed by atoms with Gasteiger partial charge in [0.25, 0.3) is 0 Å². The Morgan fingerprint density at radius 1 is 1.09 bits per heavy atom. The summed E-state index contributed by atoms with van der Waals surface area (Å²) in [4.78, 5) is 17.2. The van der Waals surface area contributed by atoms with Gasteiger partial charge in [0, 0.05) is 31.1 Å². The second-order valence-corrected chi connectivity index (χ2v) is 8.65. The van der Waals surface area contributed by atoms with Gasteiger partial charge in [-0.3, -0.25) is 4.79 Å². The van der Waals surface area contributed by atoms with Gasteiger partial charge in [-0.1, -0.05) is 13.8 Å². The molecule has 1 N–H and O–H groups in total. The maximum absolute atomic E-state index is 12.6. The quantitative estimate of drug-likeness (QED) is 0.461. The summed E-state index contributed by atoms with van der Waals surface area (Å²) in [6.45, 7) is 9.83. The van der Waals surface area contributed by atoms with Crippen molar-refractivity contribution in [2.24, 2.45) is 5.92 Å². The number of hydrogen-bond donors (Lipinski definition) is 1. The van der Waals surface area contributed by atoms with Gasteiger partial charge in [0.05, 0.1) is 7.11 Å². The van der Waals surface area contributed by atoms with Crippen LogP contribution in [-0.4, -0.2) is 77.0 Å². The molecule has 4 rings (SSSR count). The van der Waals surface area contributed by atoms with E-state index >= 15 is 0 Å². The Kier molecular flexibility index (Phi) is 7.95. The summed E-state index contributed by atoms with van der Waals surface area (Å²) in [6, 6.07) is 11.6. The van der Waals surface area contributed by atoms with Crippen LogP contribution in [0.25, 0.3) is 17.0 Å². The number of nitrogens with zero attached hydrogens (tertiary/aromatic N) is 6. The molecule has 1 aliphatic heterocycles. The third kappa shape index (κ3) is 5.47. The highest BCUT2D eigenvalue weighted by Crippen LogP contribution is 2.25. The fraction of sp³-hybridized carbons (Fsp3) is 0.520. The summed E-state index contributed by atoms with van der Waals surface area (Å²) >= 11 is 0. The van der Waals surface area contributed by atoms with E-state index in [2.05, 4.69) is 39.2 Å². The Labute approximate surface area is 201 Å². The lowest BCUT2D eigenvalue weighted by Gasteiger charge is -2.32. The number of rotatable bonds is 10. The minimum atomic E-state index is 0.0678. The van der Waals surface area contributed by atoms with Crippen LogP contribution in [0, 0.1) is 5.92 Å². The normalized spacial score (nSPS) is 14.6. The van der Waals surface area contributed by atoms with E-state index in [1.54, 1.807) is 11.6 Å². The minimum Gasteiger partial charge on any atom is -0.497 e. The van der Waals surface area contributed by atoms with Crippen LogP contribution in [0.15, 0.2) is 36.4 Å². The zero-order valence-electron chi connectivity index (χ0n) is 20.4. The Bertz CT molecular complexity index is 1070. The molecule has 34 heavy (non-hydrogen) atoms. The van der Waals surface area contributed by atoms with Gasteiger partial charge in [-0.25, -0.2) is 0 Å². The monoisotopic (exact) mass is 465 g/mol. The Morgan fingerprint density at radius 3 is 2.50 bits per heavy atom. The third-order valence-electron chi connectivity index (χ3n) is 6.63. The van der Waals surface area contributed by atoms with Crippen LogP contribution in [0.2, 0.25) is 0 Å². The number of nitrogens with one attached hydrogen (secondary N) is 1. The lowest BCUT2D eigenvalue weighted by atomic mass is 9.96. The van der Waals surface area contributed by atoms with Crippen molar-refractivity contribution in [3.8, 4) is 17.1 Å². The molecule has 3 aromatic rings. The van der Waals surface area contributed by atoms with Gasteiger partial charge < -0.3 is 19.9 Å². The van der Waals surface area contributed by atoms with E-state index in [0.29, 0.717) is 11.5 Å². The van der Waals surface area contributed by atoms with Gasteiger partial charge in [-0.15, -0.1) is 15.3 Å². The van der Waals surface area contributed by atoms with Gasteiger partial charge in [-0.05, 0) is 75.3 Å². The molecule has 0 spiro atoms. The standard InChI is InChI=1S/C25H35N7O2/c1-4-30(5-2)16-6-15-26-25(33)20-13-17-31(18-14-20)23-12-11-22-27-28-24(32(22)29-23)19-7-9-21(34-3)10-8-19/h7-12,20H,4-6,13-18H2,1-3H3,(H,26,33). The summed E-state index contributed by atoms with van der Waals surface area (Å²) in [6.07, 6.45) is 2.65. The van der Waals surface area contributed by atoms with Crippen molar-refractivity contribution < 1.29 is 9.53 Å². The van der Waals surface area contributed by atoms with E-state index in [9.17, 15) is 4.79 Å². The molecule has 0 unspecified atom stereocenters. The molecule has 9 nitrogen and oxygen atoms in total. The smallest absolute Gasteiger partial charge is 0.223 e. The number of aromatic nitrogens is 4. The molecule has 2 aromatic heterocycles. The molecule has 182 valence electrons. The molecular formula is C25H35N7O2. The van der Waals surface area contributed by atoms with E-state index < -0.39 is 0 Å². The molecule has 1 aromatic carbocycles. The number of hydrogen-bond acceptors (Lipinski definition) is 7. The molecule has 9 heteroatoms. The summed E-state index contributed by atoms with van der Waals surface area (Å²) in [5.41, 5.74) is 1.63. The maximum Gasteiger partial charge on any atom is 0.223 e. The summed E-state index contributed by atoms with van der Waals surface area (Å²) < 4.78 is 7.03. The molecule has 3 heterocycles. The van der Waals surface area contributed by atoms with Gasteiger partial charge in [0.1, 0.15) is 11.6 Å². The van der Waals surface area contributed by atoms with Crippen molar-refractivity contribution in [2.45, 2.75) is 33.1 Å². The molecule has 1 fully saturated rings. The molecule has 0 saturated carbocycles. The lowest BCUT2D eigenvalue weighted by Crippen LogP contribution is -2.41. The van der Waals surface area contributed by atoms with E-state index in [1.165, 1.54) is 0 Å². The van der Waals surface area contributed by atoms with Gasteiger partial charge in [-0.2, -0.15) is 4.52 Å². The Morgan fingerprint density at radius 2 is 1.82 bits per heavy atom. The highest BCUT2D eigenvalue weighted by atomic mass is 16.5. The molecule has 0 aliphatic carbocycles. The third-order valence-corrected chi connectivity index (χ3v) is 6.63. The second-order valence-electron chi connectivity index (χ2n) is 8.65. The highest BCUT2D eigenvalue weighted by molar-refractivity contribution is 5.79. The fourth-order valence-corrected chi connectivity index (χ4v) is 4.44. The number of carbonyl (C=O) groups is 1. The fourth-order valence-electron chi connectivity index (χ4n) is 4.44. The molecule has 0 radical (unpaired) electrons. The highest BCUT2D eigenvalue weighted by Gasteiger charge is 2.26. The van der Waals surface area contributed by atoms with Crippen molar-refractivity contribution in [3.05, 3.63) is 36.4 Å². The van der Waals surface area contributed by atoms with Crippen LogP contribution in [-0.2, 0) is 4.79 Å². The van der Waals surface area contributed by atoms with Gasteiger partial charge in [0.15, 0.2) is 11.5 Å². The first-order chi connectivity index (χ1) is 16.6. The molecular weight excluding hydrogens is 430 g/mol. The van der Waals surface area contributed by atoms with Crippen molar-refractivity contribution in [2.75, 3.05) is 51.3 Å². The van der Waals surface area contributed by atoms with Crippen LogP contribution in [0.1, 0.15) is 33.1 Å². The zero-order chi connectivity index (χ0) is 23.9. The topological polar surface area (TPSA) is 87.9 Å². The van der Waals surface area contributed by atoms with Crippen LogP contribution >= 0.6 is 0 Å². The predicted octanol–water partition coefficient (Wildman–Crippen LogP) is 2.86. The summed E-state index contributed by atoms with van der Waals surface area (Å²) in [7, 11) is 1.65. The molecule has 0 bridgehead atoms. The number of anilines is 1. The zero-order valence-corrected chi connectivity index (χ0v) is 20.4. The summed E-state index contributed by atoms with van der Waals surface area (Å²) in [5, 5.41) is 16.6. The van der Waals surface area contributed by atoms with Crippen LogP contribution in [0.5, 0.6) is 5.75 Å². The number of benzene rings is 1. The van der Waals surface area contributed by atoms with Crippen molar-refractivity contribution in [1.29, 1.82) is 0 Å². The molecule has 0 atom stereocenters. The van der Waals surface area contributed by atoms with Crippen LogP contribution < -0.4 is 15.0 Å². The number of amides is 1. The first-order valence-corrected chi connectivity index (χ1v) is 12.2. The summed E-state index contributed by atoms with van der Waals surface area (Å²) in [5.74, 6) is 2.61. The Balaban J connectivity index is 1.34. The molecule has 1 aliphatic rings. The number of piperidine rings is 1. The van der Waals surface area contributed by atoms with Crippen LogP contribution in [0.4, 0.5) is 5.82 Å². The largest absolute Gasteiger partial charge is 0.497 e. The lowest BCUT2D eigenvalue weighted by molar-refractivity contribution is -0.125. The van der Waals surface area contributed by atoms with Crippen molar-refractivity contribution in [1.82, 2.24) is 30.0 Å². The SMILES string of the molecule is CCN(CC)CCCNC(=O)C1CCN(c2ccc3nnc(-c4ccc(OC)cc4)n3n2)CC1. The van der Waals surface area contributed by atoms with Gasteiger partial charge in [0.2, 0.25) is 5.91 Å². The maximum atomic E-state index is 12.6. The number of fused-ring (bicyclic) bond motifs is 1. The van der Waals surface area contributed by atoms with E-state index in [0.717, 1.165) is 75.7 Å². The Hall–Kier alpha value is -3.20. The van der Waals surface area contributed by atoms with E-state index in [4.69, 9.17) is 9.84 Å². The first kappa shape index (κ1) is 23.9. The molecule has 1 amide bonds. The van der Waals surface area contributed by atoms with Crippen molar-refractivity contribution >= 4 is 17.4 Å². The van der Waals surface area contributed by atoms with E-state index in [-0.39, 0.29) is 11.8 Å². The number of ether oxygens (including phenoxy) is 1. The predicted molar refractivity (Wildman–Crippen MR) is 133 cm³/mol. The minimum absolute atomic E-state index is 0.0678. The average Bonchev–Trinajstić information content (AvgIpc) is 3.32. The van der Waals surface area contributed by atoms with Gasteiger partial charge >= 0.3 is 0 Å². The molecule has 1 saturated heterocycles. The van der Waals surface area contributed by atoms with E-state index in [1.807, 2.05) is 36.4 Å². The average molecular weight is 466 g/mol.